The molecule has 8 heteroatoms. The van der Waals surface area contributed by atoms with Gasteiger partial charge in [0, 0.05) is 18.2 Å². The molecule has 0 saturated heterocycles. The van der Waals surface area contributed by atoms with E-state index in [1.165, 1.54) is 19.2 Å². The van der Waals surface area contributed by atoms with Gasteiger partial charge in [-0.15, -0.1) is 0 Å². The molecule has 0 radical (unpaired) electrons. The second-order valence-corrected chi connectivity index (χ2v) is 3.54. The number of hydrogen-bond donors (Lipinski definition) is 2. The van der Waals surface area contributed by atoms with E-state index in [1.807, 2.05) is 0 Å². The van der Waals surface area contributed by atoms with Crippen molar-refractivity contribution in [1.82, 2.24) is 5.32 Å². The monoisotopic (exact) mass is 268 g/mol. The molecule has 0 atom stereocenters. The van der Waals surface area contributed by atoms with Gasteiger partial charge in [-0.05, 0) is 12.1 Å². The Balaban J connectivity index is 2.83. The standard InChI is InChI=1S/C11H12N2O6/c1-19-9-3-2-7(6-8(9)13(17)18)11(16)12-5-4-10(14)15/h2-3,6H,4-5H2,1H3,(H,12,16)(H,14,15). The lowest BCUT2D eigenvalue weighted by Crippen LogP contribution is -2.26. The van der Waals surface area contributed by atoms with E-state index in [0.717, 1.165) is 6.07 Å². The highest BCUT2D eigenvalue weighted by atomic mass is 16.6. The van der Waals surface area contributed by atoms with Crippen LogP contribution in [0.15, 0.2) is 18.2 Å². The van der Waals surface area contributed by atoms with Gasteiger partial charge in [-0.25, -0.2) is 0 Å². The van der Waals surface area contributed by atoms with Gasteiger partial charge in [-0.3, -0.25) is 19.7 Å². The molecule has 0 saturated carbocycles. The molecule has 0 fully saturated rings. The van der Waals surface area contributed by atoms with Crippen molar-refractivity contribution in [1.29, 1.82) is 0 Å². The van der Waals surface area contributed by atoms with Crippen LogP contribution in [-0.2, 0) is 4.79 Å². The minimum absolute atomic E-state index is 0.0476. The normalized spacial score (nSPS) is 9.74. The molecule has 0 aromatic heterocycles. The second-order valence-electron chi connectivity index (χ2n) is 3.54. The van der Waals surface area contributed by atoms with Gasteiger partial charge >= 0.3 is 11.7 Å². The van der Waals surface area contributed by atoms with Gasteiger partial charge in [0.25, 0.3) is 5.91 Å². The molecule has 8 nitrogen and oxygen atoms in total. The molecule has 19 heavy (non-hydrogen) atoms. The van der Waals surface area contributed by atoms with Crippen molar-refractivity contribution in [2.45, 2.75) is 6.42 Å². The Morgan fingerprint density at radius 1 is 1.47 bits per heavy atom. The Labute approximate surface area is 108 Å². The molecule has 2 N–H and O–H groups in total. The van der Waals surface area contributed by atoms with Crippen LogP contribution in [0.1, 0.15) is 16.8 Å². The summed E-state index contributed by atoms with van der Waals surface area (Å²) in [5.41, 5.74) is -0.258. The number of amides is 1. The molecule has 1 amide bonds. The maximum atomic E-state index is 11.6. The van der Waals surface area contributed by atoms with E-state index in [4.69, 9.17) is 9.84 Å². The quantitative estimate of drug-likeness (QED) is 0.582. The zero-order chi connectivity index (χ0) is 14.4. The molecule has 0 aliphatic carbocycles. The molecule has 1 aromatic rings. The summed E-state index contributed by atoms with van der Waals surface area (Å²) in [6, 6.07) is 3.75. The maximum Gasteiger partial charge on any atom is 0.311 e. The fourth-order valence-electron chi connectivity index (χ4n) is 1.36. The molecule has 1 aromatic carbocycles. The number of nitro benzene ring substituents is 1. The number of benzene rings is 1. The van der Waals surface area contributed by atoms with Crippen molar-refractivity contribution >= 4 is 17.6 Å². The number of aliphatic carboxylic acids is 1. The number of nitrogens with zero attached hydrogens (tertiary/aromatic N) is 1. The molecule has 0 bridgehead atoms. The van der Waals surface area contributed by atoms with Gasteiger partial charge < -0.3 is 15.2 Å². The molecule has 0 aliphatic heterocycles. The van der Waals surface area contributed by atoms with Gasteiger partial charge in [0.1, 0.15) is 0 Å². The molecule has 0 aliphatic rings. The van der Waals surface area contributed by atoms with Gasteiger partial charge in [-0.2, -0.15) is 0 Å². The number of carbonyl (C=O) groups is 2. The number of ether oxygens (including phenoxy) is 1. The van der Waals surface area contributed by atoms with E-state index in [0.29, 0.717) is 0 Å². The number of methoxy groups -OCH3 is 1. The van der Waals surface area contributed by atoms with Crippen LogP contribution < -0.4 is 10.1 Å². The van der Waals surface area contributed by atoms with Crippen LogP contribution in [0.4, 0.5) is 5.69 Å². The minimum Gasteiger partial charge on any atom is -0.490 e. The summed E-state index contributed by atoms with van der Waals surface area (Å²) in [4.78, 5) is 32.0. The largest absolute Gasteiger partial charge is 0.490 e. The average molecular weight is 268 g/mol. The number of nitro groups is 1. The van der Waals surface area contributed by atoms with Crippen LogP contribution in [0, 0.1) is 10.1 Å². The number of carbonyl (C=O) groups excluding carboxylic acids is 1. The van der Waals surface area contributed by atoms with E-state index in [2.05, 4.69) is 5.32 Å². The predicted molar refractivity (Wildman–Crippen MR) is 64.2 cm³/mol. The van der Waals surface area contributed by atoms with Crippen molar-refractivity contribution in [2.24, 2.45) is 0 Å². The van der Waals surface area contributed by atoms with Crippen LogP contribution in [0.5, 0.6) is 5.75 Å². The lowest BCUT2D eigenvalue weighted by atomic mass is 10.1. The van der Waals surface area contributed by atoms with Crippen LogP contribution in [0.2, 0.25) is 0 Å². The fraction of sp³-hybridized carbons (Fsp3) is 0.273. The lowest BCUT2D eigenvalue weighted by Gasteiger charge is -2.05. The van der Waals surface area contributed by atoms with Crippen molar-refractivity contribution in [2.75, 3.05) is 13.7 Å². The van der Waals surface area contributed by atoms with Gasteiger partial charge in [0.2, 0.25) is 0 Å². The summed E-state index contributed by atoms with van der Waals surface area (Å²) in [6.45, 7) is -0.0476. The third-order valence-corrected chi connectivity index (χ3v) is 2.26. The fourth-order valence-corrected chi connectivity index (χ4v) is 1.36. The zero-order valence-corrected chi connectivity index (χ0v) is 10.1. The van der Waals surface area contributed by atoms with E-state index in [-0.39, 0.29) is 30.0 Å². The Morgan fingerprint density at radius 2 is 2.16 bits per heavy atom. The molecule has 1 rings (SSSR count). The Bertz CT molecular complexity index is 514. The summed E-state index contributed by atoms with van der Waals surface area (Å²) in [5, 5.41) is 21.6. The van der Waals surface area contributed by atoms with E-state index in [9.17, 15) is 19.7 Å². The van der Waals surface area contributed by atoms with E-state index >= 15 is 0 Å². The number of nitrogens with one attached hydrogen (secondary N) is 1. The average Bonchev–Trinajstić information content (AvgIpc) is 2.37. The SMILES string of the molecule is COc1ccc(C(=O)NCCC(=O)O)cc1[N+](=O)[O-]. The Kier molecular flexibility index (Phi) is 4.81. The zero-order valence-electron chi connectivity index (χ0n) is 10.1. The predicted octanol–water partition coefficient (Wildman–Crippen LogP) is 0.808. The van der Waals surface area contributed by atoms with Crippen molar-refractivity contribution < 1.29 is 24.4 Å². The Hall–Kier alpha value is -2.64. The number of rotatable bonds is 6. The summed E-state index contributed by atoms with van der Waals surface area (Å²) in [6.07, 6.45) is -0.218. The lowest BCUT2D eigenvalue weighted by molar-refractivity contribution is -0.385. The van der Waals surface area contributed by atoms with Gasteiger partial charge in [0.05, 0.1) is 18.5 Å². The van der Waals surface area contributed by atoms with Gasteiger partial charge in [0.15, 0.2) is 5.75 Å². The summed E-state index contributed by atoms with van der Waals surface area (Å²) < 4.78 is 4.80. The topological polar surface area (TPSA) is 119 Å². The summed E-state index contributed by atoms with van der Waals surface area (Å²) in [7, 11) is 1.29. The van der Waals surface area contributed by atoms with Crippen LogP contribution in [0.25, 0.3) is 0 Å². The number of carboxylic acids is 1. The molecule has 0 spiro atoms. The summed E-state index contributed by atoms with van der Waals surface area (Å²) >= 11 is 0. The third kappa shape index (κ3) is 3.95. The van der Waals surface area contributed by atoms with Crippen molar-refractivity contribution in [3.8, 4) is 5.75 Å². The summed E-state index contributed by atoms with van der Waals surface area (Å²) in [5.74, 6) is -1.57. The molecule has 0 unspecified atom stereocenters. The second kappa shape index (κ2) is 6.34. The number of carboxylic acid groups (broad SMARTS) is 1. The highest BCUT2D eigenvalue weighted by Crippen LogP contribution is 2.27. The van der Waals surface area contributed by atoms with Gasteiger partial charge in [-0.1, -0.05) is 0 Å². The first-order chi connectivity index (χ1) is 8.95. The van der Waals surface area contributed by atoms with E-state index < -0.39 is 16.8 Å². The maximum absolute atomic E-state index is 11.6. The molecular formula is C11H12N2O6. The first kappa shape index (κ1) is 14.4. The van der Waals surface area contributed by atoms with Crippen molar-refractivity contribution in [3.05, 3.63) is 33.9 Å². The molecular weight excluding hydrogens is 256 g/mol. The molecule has 102 valence electrons. The first-order valence-corrected chi connectivity index (χ1v) is 5.28. The highest BCUT2D eigenvalue weighted by molar-refractivity contribution is 5.95. The van der Waals surface area contributed by atoms with Crippen molar-refractivity contribution in [3.63, 3.8) is 0 Å². The highest BCUT2D eigenvalue weighted by Gasteiger charge is 2.18. The first-order valence-electron chi connectivity index (χ1n) is 5.28. The van der Waals surface area contributed by atoms with Crippen LogP contribution in [0.3, 0.4) is 0 Å². The minimum atomic E-state index is -1.04. The Morgan fingerprint density at radius 3 is 2.68 bits per heavy atom. The smallest absolute Gasteiger partial charge is 0.311 e. The third-order valence-electron chi connectivity index (χ3n) is 2.26. The van der Waals surface area contributed by atoms with E-state index in [1.54, 1.807) is 0 Å². The molecule has 0 heterocycles. The number of hydrogen-bond acceptors (Lipinski definition) is 5. The van der Waals surface area contributed by atoms with Crippen LogP contribution in [-0.4, -0.2) is 35.6 Å². The van der Waals surface area contributed by atoms with Crippen LogP contribution >= 0.6 is 0 Å².